The van der Waals surface area contributed by atoms with Crippen molar-refractivity contribution in [2.75, 3.05) is 33.4 Å². The lowest BCUT2D eigenvalue weighted by Crippen LogP contribution is -2.42. The lowest BCUT2D eigenvalue weighted by molar-refractivity contribution is -0.127. The summed E-state index contributed by atoms with van der Waals surface area (Å²) in [5.41, 5.74) is 3.85. The van der Waals surface area contributed by atoms with E-state index in [1.165, 1.54) is 0 Å². The number of aliphatic imine (C=N–C) groups is 1. The summed E-state index contributed by atoms with van der Waals surface area (Å²) in [6, 6.07) is 19.3. The Morgan fingerprint density at radius 3 is 2.68 bits per heavy atom. The van der Waals surface area contributed by atoms with E-state index in [9.17, 15) is 4.79 Å². The van der Waals surface area contributed by atoms with Crippen molar-refractivity contribution in [3.8, 4) is 11.5 Å². The highest BCUT2D eigenvalue weighted by Crippen LogP contribution is 2.27. The highest BCUT2D eigenvalue weighted by Gasteiger charge is 2.28. The van der Waals surface area contributed by atoms with Gasteiger partial charge >= 0.3 is 0 Å². The van der Waals surface area contributed by atoms with Crippen molar-refractivity contribution in [2.24, 2.45) is 10.9 Å². The van der Waals surface area contributed by atoms with E-state index < -0.39 is 0 Å². The van der Waals surface area contributed by atoms with Crippen molar-refractivity contribution >= 4 is 17.8 Å². The first-order valence-corrected chi connectivity index (χ1v) is 13.4. The highest BCUT2D eigenvalue weighted by atomic mass is 16.5. The number of amides is 1. The molecule has 1 aliphatic heterocycles. The molecule has 2 heterocycles. The lowest BCUT2D eigenvalue weighted by atomic mass is 9.94. The van der Waals surface area contributed by atoms with E-state index >= 15 is 0 Å². The zero-order valence-electron chi connectivity index (χ0n) is 22.6. The Kier molecular flexibility index (Phi) is 9.87. The molecule has 4 rings (SSSR count). The van der Waals surface area contributed by atoms with Gasteiger partial charge in [-0.1, -0.05) is 25.1 Å². The van der Waals surface area contributed by atoms with Crippen LogP contribution in [0.3, 0.4) is 0 Å². The number of ether oxygens (including phenoxy) is 2. The van der Waals surface area contributed by atoms with Gasteiger partial charge < -0.3 is 14.8 Å². The van der Waals surface area contributed by atoms with Crippen LogP contribution < -0.4 is 14.8 Å². The largest absolute Gasteiger partial charge is 0.497 e. The molecule has 2 aromatic carbocycles. The minimum atomic E-state index is -0.326. The summed E-state index contributed by atoms with van der Waals surface area (Å²) >= 11 is 0. The monoisotopic (exact) mass is 514 g/mol. The molecule has 0 aliphatic carbocycles. The molecule has 0 bridgehead atoms. The van der Waals surface area contributed by atoms with Gasteiger partial charge in [-0.15, -0.1) is 0 Å². The third kappa shape index (κ3) is 7.42. The molecule has 1 aromatic heterocycles. The van der Waals surface area contributed by atoms with Crippen LogP contribution in [0.2, 0.25) is 0 Å². The summed E-state index contributed by atoms with van der Waals surface area (Å²) in [5.74, 6) is 1.66. The van der Waals surface area contributed by atoms with E-state index in [0.717, 1.165) is 72.9 Å². The Hall–Kier alpha value is -3.71. The quantitative estimate of drug-likeness (QED) is 0.342. The number of hydrogen-bond acceptors (Lipinski definition) is 6. The van der Waals surface area contributed by atoms with E-state index in [0.29, 0.717) is 6.61 Å². The predicted molar refractivity (Wildman–Crippen MR) is 151 cm³/mol. The van der Waals surface area contributed by atoms with Crippen molar-refractivity contribution < 1.29 is 14.3 Å². The van der Waals surface area contributed by atoms with E-state index in [2.05, 4.69) is 34.0 Å². The zero-order valence-corrected chi connectivity index (χ0v) is 22.6. The summed E-state index contributed by atoms with van der Waals surface area (Å²) in [7, 11) is 1.65. The number of benzene rings is 2. The van der Waals surface area contributed by atoms with Crippen LogP contribution in [0.15, 0.2) is 71.9 Å². The molecule has 1 unspecified atom stereocenters. The maximum atomic E-state index is 13.3. The Bertz CT molecular complexity index is 1210. The zero-order chi connectivity index (χ0) is 26.7. The number of rotatable bonds is 11. The number of nitrogens with zero attached hydrogens (tertiary/aromatic N) is 3. The van der Waals surface area contributed by atoms with Gasteiger partial charge in [-0.3, -0.25) is 19.7 Å². The third-order valence-corrected chi connectivity index (χ3v) is 6.91. The first-order valence-electron chi connectivity index (χ1n) is 13.4. The number of nitrogens with one attached hydrogen (secondary N) is 1. The number of pyridine rings is 1. The molecule has 1 atom stereocenters. The molecule has 3 aromatic rings. The second-order valence-corrected chi connectivity index (χ2v) is 9.61. The number of hydrogen-bond donors (Lipinski definition) is 1. The van der Waals surface area contributed by atoms with Gasteiger partial charge in [-0.25, -0.2) is 0 Å². The van der Waals surface area contributed by atoms with Crippen molar-refractivity contribution in [2.45, 2.75) is 39.2 Å². The average molecular weight is 515 g/mol. The molecule has 38 heavy (non-hydrogen) atoms. The lowest BCUT2D eigenvalue weighted by Gasteiger charge is -2.32. The van der Waals surface area contributed by atoms with Crippen molar-refractivity contribution in [1.29, 1.82) is 0 Å². The molecule has 0 saturated carbocycles. The van der Waals surface area contributed by atoms with Gasteiger partial charge in [0, 0.05) is 24.9 Å². The number of methoxy groups -OCH3 is 1. The second-order valence-electron chi connectivity index (χ2n) is 9.61. The van der Waals surface area contributed by atoms with Gasteiger partial charge in [0.05, 0.1) is 24.5 Å². The minimum absolute atomic E-state index is 0.0251. The maximum Gasteiger partial charge on any atom is 0.224 e. The highest BCUT2D eigenvalue weighted by molar-refractivity contribution is 5.79. The van der Waals surface area contributed by atoms with Crippen LogP contribution in [0.1, 0.15) is 49.0 Å². The number of piperidine rings is 1. The van der Waals surface area contributed by atoms with Gasteiger partial charge in [-0.05, 0) is 92.9 Å². The standard InChI is InChI=1S/C31H38N4O3/c1-4-15-32-28-12-11-27(21-23(28)2)38-20-19-35-17-13-24(14-18-35)31(36)34-30(29-10-5-6-16-33-29)25-8-7-9-26(22-25)37-3/h5-12,15-16,21-22,24,30H,4,13-14,17-20H2,1-3H3,(H,34,36). The van der Waals surface area contributed by atoms with Gasteiger partial charge in [0.2, 0.25) is 5.91 Å². The maximum absolute atomic E-state index is 13.3. The smallest absolute Gasteiger partial charge is 0.224 e. The summed E-state index contributed by atoms with van der Waals surface area (Å²) in [4.78, 5) is 24.7. The summed E-state index contributed by atoms with van der Waals surface area (Å²) in [5, 5.41) is 3.26. The fourth-order valence-corrected chi connectivity index (χ4v) is 4.72. The topological polar surface area (TPSA) is 76.0 Å². The second kappa shape index (κ2) is 13.7. The number of carbonyl (C=O) groups is 1. The van der Waals surface area contributed by atoms with E-state index in [1.807, 2.05) is 66.9 Å². The fourth-order valence-electron chi connectivity index (χ4n) is 4.72. The van der Waals surface area contributed by atoms with Crippen LogP contribution in [0.5, 0.6) is 11.5 Å². The molecule has 0 spiro atoms. The van der Waals surface area contributed by atoms with Crippen LogP contribution >= 0.6 is 0 Å². The van der Waals surface area contributed by atoms with Crippen molar-refractivity contribution in [1.82, 2.24) is 15.2 Å². The Morgan fingerprint density at radius 2 is 1.97 bits per heavy atom. The molecule has 1 aliphatic rings. The van der Waals surface area contributed by atoms with E-state index in [1.54, 1.807) is 13.3 Å². The third-order valence-electron chi connectivity index (χ3n) is 6.91. The number of carbonyl (C=O) groups excluding carboxylic acids is 1. The molecule has 7 heteroatoms. The van der Waals surface area contributed by atoms with Gasteiger partial charge in [0.15, 0.2) is 0 Å². The van der Waals surface area contributed by atoms with Gasteiger partial charge in [0.25, 0.3) is 0 Å². The molecule has 0 radical (unpaired) electrons. The fraction of sp³-hybridized carbons (Fsp3) is 0.387. The Morgan fingerprint density at radius 1 is 1.13 bits per heavy atom. The minimum Gasteiger partial charge on any atom is -0.497 e. The molecular formula is C31H38N4O3. The Labute approximate surface area is 225 Å². The molecule has 200 valence electrons. The normalized spacial score (nSPS) is 15.3. The molecule has 1 amide bonds. The molecular weight excluding hydrogens is 476 g/mol. The predicted octanol–water partition coefficient (Wildman–Crippen LogP) is 5.51. The molecule has 1 fully saturated rings. The number of aryl methyl sites for hydroxylation is 1. The van der Waals surface area contributed by atoms with Crippen LogP contribution in [0, 0.1) is 12.8 Å². The van der Waals surface area contributed by atoms with Crippen LogP contribution in [-0.4, -0.2) is 55.4 Å². The summed E-state index contributed by atoms with van der Waals surface area (Å²) < 4.78 is 11.4. The number of likely N-dealkylation sites (tertiary alicyclic amines) is 1. The Balaban J connectivity index is 1.28. The van der Waals surface area contributed by atoms with Crippen molar-refractivity contribution in [3.05, 3.63) is 83.7 Å². The molecule has 1 saturated heterocycles. The number of aromatic nitrogens is 1. The van der Waals surface area contributed by atoms with Crippen LogP contribution in [0.4, 0.5) is 5.69 Å². The van der Waals surface area contributed by atoms with E-state index in [-0.39, 0.29) is 17.9 Å². The summed E-state index contributed by atoms with van der Waals surface area (Å²) in [6.07, 6.45) is 6.24. The van der Waals surface area contributed by atoms with Gasteiger partial charge in [0.1, 0.15) is 18.1 Å². The van der Waals surface area contributed by atoms with E-state index in [4.69, 9.17) is 9.47 Å². The first-order chi connectivity index (χ1) is 18.6. The van der Waals surface area contributed by atoms with Crippen LogP contribution in [0.25, 0.3) is 0 Å². The molecule has 1 N–H and O–H groups in total. The van der Waals surface area contributed by atoms with Crippen LogP contribution in [-0.2, 0) is 4.79 Å². The summed E-state index contributed by atoms with van der Waals surface area (Å²) in [6.45, 7) is 7.33. The average Bonchev–Trinajstić information content (AvgIpc) is 2.96. The van der Waals surface area contributed by atoms with Crippen molar-refractivity contribution in [3.63, 3.8) is 0 Å². The molecule has 7 nitrogen and oxygen atoms in total. The van der Waals surface area contributed by atoms with Gasteiger partial charge in [-0.2, -0.15) is 0 Å². The SMILES string of the molecule is CCC=Nc1ccc(OCCN2CCC(C(=O)NC(c3cccc(OC)c3)c3ccccn3)CC2)cc1C. The first kappa shape index (κ1) is 27.3.